The van der Waals surface area contributed by atoms with Gasteiger partial charge in [0.05, 0.1) is 12.4 Å². The zero-order valence-corrected chi connectivity index (χ0v) is 15.3. The fourth-order valence-electron chi connectivity index (χ4n) is 2.03. The first-order chi connectivity index (χ1) is 11.6. The fraction of sp³-hybridized carbons (Fsp3) is 0.316. The largest absolute Gasteiger partial charge is 0.494 e. The lowest BCUT2D eigenvalue weighted by Gasteiger charge is -2.07. The Hall–Kier alpha value is -1.65. The van der Waals surface area contributed by atoms with Gasteiger partial charge in [-0.1, -0.05) is 29.3 Å². The Morgan fingerprint density at radius 1 is 1.08 bits per heavy atom. The minimum Gasteiger partial charge on any atom is -0.494 e. The van der Waals surface area contributed by atoms with Gasteiger partial charge in [0.2, 0.25) is 5.91 Å². The molecule has 0 aliphatic carbocycles. The molecule has 2 rings (SSSR count). The molecule has 0 bridgehead atoms. The van der Waals surface area contributed by atoms with Gasteiger partial charge in [-0.05, 0) is 61.9 Å². The summed E-state index contributed by atoms with van der Waals surface area (Å²) in [5, 5.41) is 3.52. The Morgan fingerprint density at radius 2 is 1.79 bits per heavy atom. The van der Waals surface area contributed by atoms with Crippen LogP contribution in [0.15, 0.2) is 48.5 Å². The topological polar surface area (TPSA) is 38.3 Å². The molecule has 0 aliphatic rings. The highest BCUT2D eigenvalue weighted by atomic mass is 35.5. The minimum atomic E-state index is 0.0122. The van der Waals surface area contributed by atoms with Crippen LogP contribution in [0.2, 0.25) is 5.02 Å². The second-order valence-electron chi connectivity index (χ2n) is 5.48. The van der Waals surface area contributed by atoms with E-state index in [9.17, 15) is 4.79 Å². The molecule has 128 valence electrons. The molecule has 1 N–H and O–H groups in total. The average molecular weight is 364 g/mol. The van der Waals surface area contributed by atoms with Crippen molar-refractivity contribution in [3.05, 3.63) is 59.1 Å². The van der Waals surface area contributed by atoms with E-state index in [0.29, 0.717) is 17.4 Å². The molecule has 1 amide bonds. The van der Waals surface area contributed by atoms with Gasteiger partial charge < -0.3 is 10.1 Å². The van der Waals surface area contributed by atoms with Crippen LogP contribution in [0.25, 0.3) is 0 Å². The molecule has 3 nitrogen and oxygen atoms in total. The third-order valence-corrected chi connectivity index (χ3v) is 4.63. The SMILES string of the molecule is Cc1ccc(OCCCCSCC(=O)Nc2ccc(Cl)cc2)cc1. The van der Waals surface area contributed by atoms with Crippen molar-refractivity contribution in [2.45, 2.75) is 19.8 Å². The number of rotatable bonds is 9. The van der Waals surface area contributed by atoms with Gasteiger partial charge in [-0.3, -0.25) is 4.79 Å². The number of thioether (sulfide) groups is 1. The summed E-state index contributed by atoms with van der Waals surface area (Å²) >= 11 is 7.45. The number of amides is 1. The van der Waals surface area contributed by atoms with Crippen LogP contribution in [0.5, 0.6) is 5.75 Å². The number of halogens is 1. The summed E-state index contributed by atoms with van der Waals surface area (Å²) in [5.41, 5.74) is 2.01. The summed E-state index contributed by atoms with van der Waals surface area (Å²) in [6, 6.07) is 15.2. The summed E-state index contributed by atoms with van der Waals surface area (Å²) in [5.74, 6) is 2.33. The van der Waals surface area contributed by atoms with E-state index in [-0.39, 0.29) is 5.91 Å². The third-order valence-electron chi connectivity index (χ3n) is 3.33. The second kappa shape index (κ2) is 10.3. The molecule has 5 heteroatoms. The molecular weight excluding hydrogens is 342 g/mol. The molecule has 0 spiro atoms. The maximum atomic E-state index is 11.8. The fourth-order valence-corrected chi connectivity index (χ4v) is 2.96. The smallest absolute Gasteiger partial charge is 0.234 e. The van der Waals surface area contributed by atoms with Crippen LogP contribution in [0.4, 0.5) is 5.69 Å². The van der Waals surface area contributed by atoms with Crippen LogP contribution < -0.4 is 10.1 Å². The van der Waals surface area contributed by atoms with Crippen molar-refractivity contribution in [3.8, 4) is 5.75 Å². The first-order valence-corrected chi connectivity index (χ1v) is 9.49. The molecule has 0 aliphatic heterocycles. The molecule has 0 aromatic heterocycles. The number of ether oxygens (including phenoxy) is 1. The molecule has 0 heterocycles. The van der Waals surface area contributed by atoms with Crippen molar-refractivity contribution in [2.75, 3.05) is 23.4 Å². The Morgan fingerprint density at radius 3 is 2.50 bits per heavy atom. The van der Waals surface area contributed by atoms with Crippen molar-refractivity contribution >= 4 is 35.0 Å². The van der Waals surface area contributed by atoms with Gasteiger partial charge in [-0.2, -0.15) is 11.8 Å². The van der Waals surface area contributed by atoms with Crippen molar-refractivity contribution in [3.63, 3.8) is 0 Å². The summed E-state index contributed by atoms with van der Waals surface area (Å²) in [6.07, 6.45) is 2.02. The molecule has 0 fully saturated rings. The predicted molar refractivity (Wildman–Crippen MR) is 103 cm³/mol. The molecular formula is C19H22ClNO2S. The highest BCUT2D eigenvalue weighted by Gasteiger charge is 2.02. The summed E-state index contributed by atoms with van der Waals surface area (Å²) in [7, 11) is 0. The van der Waals surface area contributed by atoms with E-state index in [1.54, 1.807) is 36.0 Å². The maximum Gasteiger partial charge on any atom is 0.234 e. The molecule has 2 aromatic carbocycles. The van der Waals surface area contributed by atoms with Crippen LogP contribution in [-0.2, 0) is 4.79 Å². The monoisotopic (exact) mass is 363 g/mol. The minimum absolute atomic E-state index is 0.0122. The lowest BCUT2D eigenvalue weighted by atomic mass is 10.2. The standard InChI is InChI=1S/C19H22ClNO2S/c1-15-4-10-18(11-5-15)23-12-2-3-13-24-14-19(22)21-17-8-6-16(20)7-9-17/h4-11H,2-3,12-14H2,1H3,(H,21,22). The van der Waals surface area contributed by atoms with E-state index in [1.807, 2.05) is 24.3 Å². The zero-order valence-electron chi connectivity index (χ0n) is 13.8. The number of benzene rings is 2. The normalized spacial score (nSPS) is 10.4. The summed E-state index contributed by atoms with van der Waals surface area (Å²) in [6.45, 7) is 2.77. The molecule has 24 heavy (non-hydrogen) atoms. The number of nitrogens with one attached hydrogen (secondary N) is 1. The van der Waals surface area contributed by atoms with E-state index in [4.69, 9.17) is 16.3 Å². The Labute approximate surface area is 152 Å². The Bertz CT molecular complexity index is 629. The molecule has 0 unspecified atom stereocenters. The van der Waals surface area contributed by atoms with Crippen LogP contribution in [0.3, 0.4) is 0 Å². The lowest BCUT2D eigenvalue weighted by molar-refractivity contribution is -0.113. The Balaban J connectivity index is 1.51. The van der Waals surface area contributed by atoms with E-state index >= 15 is 0 Å². The van der Waals surface area contributed by atoms with Gasteiger partial charge in [0.25, 0.3) is 0 Å². The quantitative estimate of drug-likeness (QED) is 0.624. The van der Waals surface area contributed by atoms with Crippen molar-refractivity contribution < 1.29 is 9.53 Å². The van der Waals surface area contributed by atoms with E-state index in [2.05, 4.69) is 12.2 Å². The summed E-state index contributed by atoms with van der Waals surface area (Å²) in [4.78, 5) is 11.8. The highest BCUT2D eigenvalue weighted by molar-refractivity contribution is 7.99. The number of carbonyl (C=O) groups excluding carboxylic acids is 1. The molecule has 0 radical (unpaired) electrons. The van der Waals surface area contributed by atoms with Gasteiger partial charge in [0.15, 0.2) is 0 Å². The molecule has 0 saturated heterocycles. The predicted octanol–water partition coefficient (Wildman–Crippen LogP) is 5.18. The molecule has 0 atom stereocenters. The van der Waals surface area contributed by atoms with Crippen LogP contribution in [0, 0.1) is 6.92 Å². The van der Waals surface area contributed by atoms with Gasteiger partial charge in [-0.25, -0.2) is 0 Å². The zero-order chi connectivity index (χ0) is 17.2. The van der Waals surface area contributed by atoms with E-state index in [0.717, 1.165) is 30.0 Å². The number of anilines is 1. The number of hydrogen-bond acceptors (Lipinski definition) is 3. The van der Waals surface area contributed by atoms with Crippen LogP contribution in [0.1, 0.15) is 18.4 Å². The van der Waals surface area contributed by atoms with Crippen molar-refractivity contribution in [2.24, 2.45) is 0 Å². The van der Waals surface area contributed by atoms with Crippen LogP contribution >= 0.6 is 23.4 Å². The van der Waals surface area contributed by atoms with Gasteiger partial charge in [-0.15, -0.1) is 0 Å². The molecule has 2 aromatic rings. The third kappa shape index (κ3) is 7.28. The first kappa shape index (κ1) is 18.7. The number of carbonyl (C=O) groups is 1. The highest BCUT2D eigenvalue weighted by Crippen LogP contribution is 2.15. The number of aryl methyl sites for hydroxylation is 1. The first-order valence-electron chi connectivity index (χ1n) is 7.96. The van der Waals surface area contributed by atoms with Crippen LogP contribution in [-0.4, -0.2) is 24.0 Å². The average Bonchev–Trinajstić information content (AvgIpc) is 2.58. The van der Waals surface area contributed by atoms with Crippen molar-refractivity contribution in [1.82, 2.24) is 0 Å². The Kier molecular flexibility index (Phi) is 7.99. The number of hydrogen-bond donors (Lipinski definition) is 1. The van der Waals surface area contributed by atoms with Gasteiger partial charge in [0, 0.05) is 10.7 Å². The summed E-state index contributed by atoms with van der Waals surface area (Å²) < 4.78 is 5.68. The molecule has 0 saturated carbocycles. The second-order valence-corrected chi connectivity index (χ2v) is 7.02. The lowest BCUT2D eigenvalue weighted by Crippen LogP contribution is -2.14. The van der Waals surface area contributed by atoms with E-state index in [1.165, 1.54) is 5.56 Å². The van der Waals surface area contributed by atoms with Gasteiger partial charge in [0.1, 0.15) is 5.75 Å². The number of unbranched alkanes of at least 4 members (excludes halogenated alkanes) is 1. The maximum absolute atomic E-state index is 11.8. The van der Waals surface area contributed by atoms with E-state index < -0.39 is 0 Å². The van der Waals surface area contributed by atoms with Gasteiger partial charge >= 0.3 is 0 Å². The van der Waals surface area contributed by atoms with Crippen molar-refractivity contribution in [1.29, 1.82) is 0 Å².